The number of aryl methyl sites for hydroxylation is 1. The van der Waals surface area contributed by atoms with Crippen molar-refractivity contribution >= 4 is 50.6 Å². The Balaban J connectivity index is 1.33. The lowest BCUT2D eigenvalue weighted by Crippen LogP contribution is -2.32. The Kier molecular flexibility index (Phi) is 5.69. The third-order valence-electron chi connectivity index (χ3n) is 5.60. The van der Waals surface area contributed by atoms with E-state index in [1.54, 1.807) is 23.0 Å². The van der Waals surface area contributed by atoms with Gasteiger partial charge < -0.3 is 5.32 Å². The maximum Gasteiger partial charge on any atom is 0.263 e. The van der Waals surface area contributed by atoms with Crippen LogP contribution in [0.25, 0.3) is 20.7 Å². The SMILES string of the molecule is Cn1c(SCC(=O)NC2CCCc3ccccc32)nc2scc(-c3cccs3)c2c1=O. The predicted molar refractivity (Wildman–Crippen MR) is 129 cm³/mol. The van der Waals surface area contributed by atoms with Gasteiger partial charge in [-0.15, -0.1) is 22.7 Å². The zero-order valence-electron chi connectivity index (χ0n) is 17.0. The van der Waals surface area contributed by atoms with Gasteiger partial charge in [-0.3, -0.25) is 14.2 Å². The molecule has 31 heavy (non-hydrogen) atoms. The summed E-state index contributed by atoms with van der Waals surface area (Å²) in [6.45, 7) is 0. The van der Waals surface area contributed by atoms with Crippen molar-refractivity contribution in [1.82, 2.24) is 14.9 Å². The fourth-order valence-corrected chi connectivity index (χ4v) is 6.65. The van der Waals surface area contributed by atoms with Crippen molar-refractivity contribution in [3.63, 3.8) is 0 Å². The molecule has 4 aromatic rings. The average Bonchev–Trinajstić information content (AvgIpc) is 3.45. The molecule has 0 fully saturated rings. The fraction of sp³-hybridized carbons (Fsp3) is 0.261. The van der Waals surface area contributed by atoms with Crippen LogP contribution in [-0.2, 0) is 18.3 Å². The Morgan fingerprint density at radius 1 is 1.26 bits per heavy atom. The Morgan fingerprint density at radius 2 is 2.13 bits per heavy atom. The first kappa shape index (κ1) is 20.5. The highest BCUT2D eigenvalue weighted by Gasteiger charge is 2.22. The average molecular weight is 468 g/mol. The van der Waals surface area contributed by atoms with Crippen LogP contribution in [0.4, 0.5) is 0 Å². The molecular weight excluding hydrogens is 446 g/mol. The van der Waals surface area contributed by atoms with E-state index in [1.165, 1.54) is 34.2 Å². The molecule has 5 rings (SSSR count). The first-order chi connectivity index (χ1) is 15.1. The molecule has 0 aliphatic heterocycles. The van der Waals surface area contributed by atoms with Gasteiger partial charge in [-0.1, -0.05) is 42.1 Å². The quantitative estimate of drug-likeness (QED) is 0.331. The summed E-state index contributed by atoms with van der Waals surface area (Å²) in [6, 6.07) is 12.4. The summed E-state index contributed by atoms with van der Waals surface area (Å²) < 4.78 is 1.56. The summed E-state index contributed by atoms with van der Waals surface area (Å²) >= 11 is 4.40. The van der Waals surface area contributed by atoms with Crippen LogP contribution in [0.2, 0.25) is 0 Å². The minimum atomic E-state index is -0.0706. The summed E-state index contributed by atoms with van der Waals surface area (Å²) in [7, 11) is 1.72. The van der Waals surface area contributed by atoms with Crippen LogP contribution >= 0.6 is 34.4 Å². The molecule has 0 bridgehead atoms. The zero-order valence-corrected chi connectivity index (χ0v) is 19.4. The maximum absolute atomic E-state index is 13.0. The Hall–Kier alpha value is -2.42. The number of carbonyl (C=O) groups excluding carboxylic acids is 1. The number of amides is 1. The van der Waals surface area contributed by atoms with Crippen molar-refractivity contribution < 1.29 is 4.79 Å². The summed E-state index contributed by atoms with van der Waals surface area (Å²) in [6.07, 6.45) is 3.10. The summed E-state index contributed by atoms with van der Waals surface area (Å²) in [5.74, 6) is 0.194. The van der Waals surface area contributed by atoms with Gasteiger partial charge in [-0.25, -0.2) is 4.98 Å². The van der Waals surface area contributed by atoms with Crippen LogP contribution in [0.1, 0.15) is 30.0 Å². The Bertz CT molecular complexity index is 1310. The van der Waals surface area contributed by atoms with E-state index in [4.69, 9.17) is 0 Å². The monoisotopic (exact) mass is 467 g/mol. The van der Waals surface area contributed by atoms with Crippen LogP contribution in [0.15, 0.2) is 57.1 Å². The van der Waals surface area contributed by atoms with Crippen LogP contribution in [0, 0.1) is 0 Å². The lowest BCUT2D eigenvalue weighted by molar-refractivity contribution is -0.119. The molecule has 1 atom stereocenters. The molecule has 0 saturated heterocycles. The second-order valence-electron chi connectivity index (χ2n) is 7.57. The molecule has 0 spiro atoms. The molecule has 8 heteroatoms. The minimum absolute atomic E-state index is 0.0356. The first-order valence-electron chi connectivity index (χ1n) is 10.1. The summed E-state index contributed by atoms with van der Waals surface area (Å²) in [5, 5.41) is 8.39. The zero-order chi connectivity index (χ0) is 21.4. The minimum Gasteiger partial charge on any atom is -0.349 e. The number of rotatable bonds is 5. The van der Waals surface area contributed by atoms with Crippen LogP contribution in [-0.4, -0.2) is 21.2 Å². The molecule has 1 unspecified atom stereocenters. The maximum atomic E-state index is 13.0. The van der Waals surface area contributed by atoms with E-state index in [9.17, 15) is 9.59 Å². The van der Waals surface area contributed by atoms with E-state index < -0.39 is 0 Å². The number of hydrogen-bond acceptors (Lipinski definition) is 6. The van der Waals surface area contributed by atoms with Crippen molar-refractivity contribution in [2.75, 3.05) is 5.75 Å². The van der Waals surface area contributed by atoms with Crippen molar-refractivity contribution in [3.8, 4) is 10.4 Å². The van der Waals surface area contributed by atoms with Crippen molar-refractivity contribution in [2.24, 2.45) is 7.05 Å². The van der Waals surface area contributed by atoms with Crippen LogP contribution in [0.3, 0.4) is 0 Å². The highest BCUT2D eigenvalue weighted by molar-refractivity contribution is 7.99. The number of hydrogen-bond donors (Lipinski definition) is 1. The van der Waals surface area contributed by atoms with E-state index >= 15 is 0 Å². The second kappa shape index (κ2) is 8.61. The van der Waals surface area contributed by atoms with E-state index in [1.807, 2.05) is 29.0 Å². The molecule has 1 N–H and O–H groups in total. The van der Waals surface area contributed by atoms with Gasteiger partial charge in [0.05, 0.1) is 17.2 Å². The van der Waals surface area contributed by atoms with Gasteiger partial charge in [-0.2, -0.15) is 0 Å². The second-order valence-corrected chi connectivity index (χ2v) is 10.3. The number of nitrogens with one attached hydrogen (secondary N) is 1. The molecule has 3 aromatic heterocycles. The Labute approximate surface area is 192 Å². The van der Waals surface area contributed by atoms with Crippen molar-refractivity contribution in [3.05, 3.63) is 68.6 Å². The number of aromatic nitrogens is 2. The smallest absolute Gasteiger partial charge is 0.263 e. The van der Waals surface area contributed by atoms with Crippen molar-refractivity contribution in [1.29, 1.82) is 0 Å². The first-order valence-corrected chi connectivity index (χ1v) is 12.9. The predicted octanol–water partition coefficient (Wildman–Crippen LogP) is 5.01. The van der Waals surface area contributed by atoms with Gasteiger partial charge in [0.15, 0.2) is 5.16 Å². The van der Waals surface area contributed by atoms with E-state index in [0.29, 0.717) is 10.5 Å². The molecule has 5 nitrogen and oxygen atoms in total. The van der Waals surface area contributed by atoms with Crippen LogP contribution < -0.4 is 10.9 Å². The molecule has 3 heterocycles. The highest BCUT2D eigenvalue weighted by Crippen LogP contribution is 2.34. The van der Waals surface area contributed by atoms with Gasteiger partial charge in [0.1, 0.15) is 4.83 Å². The van der Waals surface area contributed by atoms with E-state index in [2.05, 4.69) is 28.5 Å². The number of benzene rings is 1. The largest absolute Gasteiger partial charge is 0.349 e. The van der Waals surface area contributed by atoms with Gasteiger partial charge >= 0.3 is 0 Å². The summed E-state index contributed by atoms with van der Waals surface area (Å²) in [4.78, 5) is 32.2. The van der Waals surface area contributed by atoms with Gasteiger partial charge in [0.25, 0.3) is 5.56 Å². The summed E-state index contributed by atoms with van der Waals surface area (Å²) in [5.41, 5.74) is 3.41. The highest BCUT2D eigenvalue weighted by atomic mass is 32.2. The number of thiophene rings is 2. The number of thioether (sulfide) groups is 1. The van der Waals surface area contributed by atoms with Gasteiger partial charge in [0.2, 0.25) is 5.91 Å². The van der Waals surface area contributed by atoms with Crippen LogP contribution in [0.5, 0.6) is 0 Å². The number of fused-ring (bicyclic) bond motifs is 2. The Morgan fingerprint density at radius 3 is 2.97 bits per heavy atom. The topological polar surface area (TPSA) is 64.0 Å². The fourth-order valence-electron chi connectivity index (χ4n) is 4.07. The normalized spacial score (nSPS) is 15.7. The molecule has 0 saturated carbocycles. The molecule has 0 radical (unpaired) electrons. The van der Waals surface area contributed by atoms with E-state index in [0.717, 1.165) is 34.5 Å². The number of nitrogens with zero attached hydrogens (tertiary/aromatic N) is 2. The lowest BCUT2D eigenvalue weighted by Gasteiger charge is -2.26. The third kappa shape index (κ3) is 3.95. The van der Waals surface area contributed by atoms with Gasteiger partial charge in [-0.05, 0) is 41.8 Å². The lowest BCUT2D eigenvalue weighted by atomic mass is 9.88. The molecule has 1 aromatic carbocycles. The molecular formula is C23H21N3O2S3. The van der Waals surface area contributed by atoms with Gasteiger partial charge in [0, 0.05) is 22.9 Å². The third-order valence-corrected chi connectivity index (χ3v) is 8.40. The molecule has 158 valence electrons. The number of carbonyl (C=O) groups is 1. The van der Waals surface area contributed by atoms with E-state index in [-0.39, 0.29) is 23.3 Å². The standard InChI is InChI=1S/C23H21N3O2S3/c1-26-22(28)20-16(18-10-5-11-29-18)12-30-21(20)25-23(26)31-13-19(27)24-17-9-4-7-14-6-2-3-8-15(14)17/h2-3,5-6,8,10-12,17H,4,7,9,13H2,1H3,(H,24,27). The van der Waals surface area contributed by atoms with Crippen molar-refractivity contribution in [2.45, 2.75) is 30.5 Å². The molecule has 1 aliphatic carbocycles. The molecule has 1 amide bonds. The molecule has 1 aliphatic rings.